The number of carbonyl (C=O) groups excluding carboxylic acids is 1. The van der Waals surface area contributed by atoms with Crippen molar-refractivity contribution in [2.45, 2.75) is 19.4 Å². The predicted molar refractivity (Wildman–Crippen MR) is 93.0 cm³/mol. The molecule has 0 fully saturated rings. The maximum Gasteiger partial charge on any atom is 0.308 e. The van der Waals surface area contributed by atoms with Crippen molar-refractivity contribution in [1.29, 1.82) is 0 Å². The maximum absolute atomic E-state index is 10.8. The quantitative estimate of drug-likeness (QED) is 0.464. The lowest BCUT2D eigenvalue weighted by molar-refractivity contribution is -0.131. The molecule has 5 heteroatoms. The van der Waals surface area contributed by atoms with E-state index in [0.717, 1.165) is 24.1 Å². The van der Waals surface area contributed by atoms with Gasteiger partial charge in [0.1, 0.15) is 5.75 Å². The van der Waals surface area contributed by atoms with Crippen LogP contribution in [0.15, 0.2) is 54.6 Å². The molecule has 0 spiro atoms. The van der Waals surface area contributed by atoms with Crippen LogP contribution in [-0.2, 0) is 11.2 Å². The van der Waals surface area contributed by atoms with E-state index in [9.17, 15) is 9.90 Å². The Morgan fingerprint density at radius 1 is 1.13 bits per heavy atom. The molecular formula is C18H22ClNO3. The van der Waals surface area contributed by atoms with E-state index in [2.05, 4.69) is 5.32 Å². The number of esters is 1. The van der Waals surface area contributed by atoms with Gasteiger partial charge in [0.05, 0.1) is 6.10 Å². The van der Waals surface area contributed by atoms with Crippen LogP contribution in [0.4, 0.5) is 0 Å². The third kappa shape index (κ3) is 6.82. The number of carbonyl (C=O) groups is 1. The molecule has 0 saturated heterocycles. The molecule has 1 atom stereocenters. The number of rotatable bonds is 7. The SMILES string of the molecule is CC(=O)Oc1ccc(CCNCC(O)c2ccccc2)cc1.Cl. The van der Waals surface area contributed by atoms with Crippen LogP contribution < -0.4 is 10.1 Å². The second-order valence-electron chi connectivity index (χ2n) is 5.12. The van der Waals surface area contributed by atoms with Crippen LogP contribution >= 0.6 is 12.4 Å². The molecule has 0 saturated carbocycles. The lowest BCUT2D eigenvalue weighted by Crippen LogP contribution is -2.23. The van der Waals surface area contributed by atoms with Crippen LogP contribution in [-0.4, -0.2) is 24.2 Å². The summed E-state index contributed by atoms with van der Waals surface area (Å²) in [6.07, 6.45) is 0.356. The highest BCUT2D eigenvalue weighted by Gasteiger charge is 2.05. The van der Waals surface area contributed by atoms with E-state index in [1.807, 2.05) is 42.5 Å². The van der Waals surface area contributed by atoms with Crippen molar-refractivity contribution < 1.29 is 14.6 Å². The van der Waals surface area contributed by atoms with Gasteiger partial charge in [-0.2, -0.15) is 0 Å². The standard InChI is InChI=1S/C18H21NO3.ClH/c1-14(20)22-17-9-7-15(8-10-17)11-12-19-13-18(21)16-5-3-2-4-6-16;/h2-10,18-19,21H,11-13H2,1H3;1H. The Hall–Kier alpha value is -1.88. The molecule has 124 valence electrons. The Balaban J connectivity index is 0.00000264. The molecule has 0 bridgehead atoms. The third-order valence-electron chi connectivity index (χ3n) is 3.30. The maximum atomic E-state index is 10.8. The number of aliphatic hydroxyl groups is 1. The fourth-order valence-electron chi connectivity index (χ4n) is 2.15. The summed E-state index contributed by atoms with van der Waals surface area (Å²) in [5.74, 6) is 0.244. The molecule has 0 amide bonds. The van der Waals surface area contributed by atoms with Crippen LogP contribution in [0.5, 0.6) is 5.75 Å². The summed E-state index contributed by atoms with van der Waals surface area (Å²) in [5.41, 5.74) is 2.07. The van der Waals surface area contributed by atoms with Gasteiger partial charge in [-0.15, -0.1) is 12.4 Å². The Labute approximate surface area is 142 Å². The van der Waals surface area contributed by atoms with Crippen LogP contribution in [0.25, 0.3) is 0 Å². The number of ether oxygens (including phenoxy) is 1. The van der Waals surface area contributed by atoms with Gasteiger partial charge in [0.15, 0.2) is 0 Å². The van der Waals surface area contributed by atoms with Gasteiger partial charge >= 0.3 is 5.97 Å². The van der Waals surface area contributed by atoms with Crippen LogP contribution in [0.2, 0.25) is 0 Å². The fraction of sp³-hybridized carbons (Fsp3) is 0.278. The van der Waals surface area contributed by atoms with Crippen molar-refractivity contribution in [2.24, 2.45) is 0 Å². The molecule has 0 radical (unpaired) electrons. The number of benzene rings is 2. The van der Waals surface area contributed by atoms with Gasteiger partial charge in [-0.25, -0.2) is 0 Å². The van der Waals surface area contributed by atoms with Crippen LogP contribution in [0.1, 0.15) is 24.2 Å². The Morgan fingerprint density at radius 2 is 1.78 bits per heavy atom. The summed E-state index contributed by atoms with van der Waals surface area (Å²) in [6, 6.07) is 17.1. The van der Waals surface area contributed by atoms with Gasteiger partial charge in [-0.3, -0.25) is 4.79 Å². The summed E-state index contributed by atoms with van der Waals surface area (Å²) in [4.78, 5) is 10.8. The minimum absolute atomic E-state index is 0. The Kier molecular flexibility index (Phi) is 8.33. The number of nitrogens with one attached hydrogen (secondary N) is 1. The highest BCUT2D eigenvalue weighted by molar-refractivity contribution is 5.85. The lowest BCUT2D eigenvalue weighted by Gasteiger charge is -2.12. The highest BCUT2D eigenvalue weighted by atomic mass is 35.5. The fourth-order valence-corrected chi connectivity index (χ4v) is 2.15. The Morgan fingerprint density at radius 3 is 2.39 bits per heavy atom. The lowest BCUT2D eigenvalue weighted by atomic mass is 10.1. The summed E-state index contributed by atoms with van der Waals surface area (Å²) < 4.78 is 4.99. The van der Waals surface area contributed by atoms with Gasteiger partial charge in [0.2, 0.25) is 0 Å². The summed E-state index contributed by atoms with van der Waals surface area (Å²) in [6.45, 7) is 2.68. The van der Waals surface area contributed by atoms with Gasteiger partial charge in [0, 0.05) is 13.5 Å². The minimum atomic E-state index is -0.493. The van der Waals surface area contributed by atoms with E-state index in [1.54, 1.807) is 12.1 Å². The minimum Gasteiger partial charge on any atom is -0.427 e. The van der Waals surface area contributed by atoms with Crippen molar-refractivity contribution in [2.75, 3.05) is 13.1 Å². The van der Waals surface area contributed by atoms with Crippen molar-refractivity contribution in [3.63, 3.8) is 0 Å². The summed E-state index contributed by atoms with van der Waals surface area (Å²) in [5, 5.41) is 13.3. The van der Waals surface area contributed by atoms with Crippen LogP contribution in [0, 0.1) is 0 Å². The van der Waals surface area contributed by atoms with Crippen LogP contribution in [0.3, 0.4) is 0 Å². The molecule has 0 heterocycles. The largest absolute Gasteiger partial charge is 0.427 e. The van der Waals surface area contributed by atoms with Gasteiger partial charge in [-0.05, 0) is 36.2 Å². The average Bonchev–Trinajstić information content (AvgIpc) is 2.53. The summed E-state index contributed by atoms with van der Waals surface area (Å²) in [7, 11) is 0. The zero-order valence-corrected chi connectivity index (χ0v) is 13.9. The van der Waals surface area contributed by atoms with Crippen molar-refractivity contribution in [1.82, 2.24) is 5.32 Å². The van der Waals surface area contributed by atoms with Gasteiger partial charge in [-0.1, -0.05) is 42.5 Å². The predicted octanol–water partition coefficient (Wildman–Crippen LogP) is 2.90. The highest BCUT2D eigenvalue weighted by Crippen LogP contribution is 2.13. The summed E-state index contributed by atoms with van der Waals surface area (Å²) >= 11 is 0. The van der Waals surface area contributed by atoms with E-state index < -0.39 is 6.10 Å². The smallest absolute Gasteiger partial charge is 0.308 e. The van der Waals surface area contributed by atoms with Gasteiger partial charge in [0.25, 0.3) is 0 Å². The molecule has 4 nitrogen and oxygen atoms in total. The molecular weight excluding hydrogens is 314 g/mol. The topological polar surface area (TPSA) is 58.6 Å². The van der Waals surface area contributed by atoms with E-state index in [0.29, 0.717) is 12.3 Å². The zero-order valence-electron chi connectivity index (χ0n) is 13.1. The van der Waals surface area contributed by atoms with E-state index in [-0.39, 0.29) is 18.4 Å². The first-order valence-corrected chi connectivity index (χ1v) is 7.36. The molecule has 2 N–H and O–H groups in total. The van der Waals surface area contributed by atoms with E-state index >= 15 is 0 Å². The molecule has 0 aliphatic carbocycles. The second-order valence-corrected chi connectivity index (χ2v) is 5.12. The first-order valence-electron chi connectivity index (χ1n) is 7.36. The number of aliphatic hydroxyl groups excluding tert-OH is 1. The van der Waals surface area contributed by atoms with Crippen molar-refractivity contribution in [3.8, 4) is 5.75 Å². The second kappa shape index (κ2) is 10.0. The molecule has 0 aliphatic heterocycles. The normalized spacial score (nSPS) is 11.4. The number of hydrogen-bond acceptors (Lipinski definition) is 4. The molecule has 0 aliphatic rings. The first kappa shape index (κ1) is 19.2. The number of hydrogen-bond donors (Lipinski definition) is 2. The zero-order chi connectivity index (χ0) is 15.8. The van der Waals surface area contributed by atoms with Crippen molar-refractivity contribution >= 4 is 18.4 Å². The molecule has 1 unspecified atom stereocenters. The molecule has 0 aromatic heterocycles. The van der Waals surface area contributed by atoms with E-state index in [4.69, 9.17) is 4.74 Å². The Bertz CT molecular complexity index is 587. The molecule has 23 heavy (non-hydrogen) atoms. The molecule has 2 aromatic carbocycles. The number of halogens is 1. The third-order valence-corrected chi connectivity index (χ3v) is 3.30. The van der Waals surface area contributed by atoms with Crippen molar-refractivity contribution in [3.05, 3.63) is 65.7 Å². The molecule has 2 aromatic rings. The van der Waals surface area contributed by atoms with Gasteiger partial charge < -0.3 is 15.2 Å². The first-order chi connectivity index (χ1) is 10.6. The molecule has 2 rings (SSSR count). The van der Waals surface area contributed by atoms with E-state index in [1.165, 1.54) is 6.92 Å². The monoisotopic (exact) mass is 335 g/mol. The average molecular weight is 336 g/mol.